The molecule has 1 aromatic carbocycles. The van der Waals surface area contributed by atoms with Crippen LogP contribution in [-0.4, -0.2) is 32.2 Å². The van der Waals surface area contributed by atoms with Gasteiger partial charge in [-0.05, 0) is 38.1 Å². The van der Waals surface area contributed by atoms with E-state index in [1.165, 1.54) is 12.2 Å². The number of hydrogen-bond acceptors (Lipinski definition) is 4. The Hall–Kier alpha value is -3.38. The van der Waals surface area contributed by atoms with E-state index in [2.05, 4.69) is 9.97 Å². The van der Waals surface area contributed by atoms with Crippen LogP contribution in [0.4, 0.5) is 0 Å². The first-order chi connectivity index (χ1) is 14.0. The summed E-state index contributed by atoms with van der Waals surface area (Å²) in [6.07, 6.45) is 3.64. The Morgan fingerprint density at radius 1 is 1.21 bits per heavy atom. The summed E-state index contributed by atoms with van der Waals surface area (Å²) in [5, 5.41) is 1.09. The van der Waals surface area contributed by atoms with Crippen LogP contribution in [0.25, 0.3) is 22.6 Å². The lowest BCUT2D eigenvalue weighted by Crippen LogP contribution is -2.24. The average Bonchev–Trinajstić information content (AvgIpc) is 3.20. The molecule has 3 heterocycles. The molecule has 4 rings (SSSR count). The average molecular weight is 408 g/mol. The molecule has 0 radical (unpaired) electrons. The molecular formula is C22H18ClN3O3. The number of para-hydroxylation sites is 1. The number of pyridine rings is 1. The minimum atomic E-state index is -0.928. The number of benzene rings is 1. The van der Waals surface area contributed by atoms with Gasteiger partial charge in [-0.2, -0.15) is 0 Å². The largest absolute Gasteiger partial charge is 0.451 e. The number of nitrogens with one attached hydrogen (secondary N) is 1. The highest BCUT2D eigenvalue weighted by Crippen LogP contribution is 2.24. The molecule has 4 aromatic rings. The fourth-order valence-corrected chi connectivity index (χ4v) is 3.59. The molecule has 6 nitrogen and oxygen atoms in total. The van der Waals surface area contributed by atoms with Crippen LogP contribution in [0.2, 0.25) is 5.15 Å². The second-order valence-electron chi connectivity index (χ2n) is 6.66. The maximum absolute atomic E-state index is 12.9. The number of ketones is 1. The number of hydrogen-bond donors (Lipinski definition) is 1. The quantitative estimate of drug-likeness (QED) is 0.298. The number of fused-ring (bicyclic) bond motifs is 2. The van der Waals surface area contributed by atoms with Crippen LogP contribution in [0, 0.1) is 6.92 Å². The maximum atomic E-state index is 12.9. The van der Waals surface area contributed by atoms with Crippen molar-refractivity contribution in [3.8, 4) is 0 Å². The maximum Gasteiger partial charge on any atom is 0.331 e. The predicted octanol–water partition coefficient (Wildman–Crippen LogP) is 4.61. The summed E-state index contributed by atoms with van der Waals surface area (Å²) < 4.78 is 7.09. The number of Topliss-reactive ketones (excluding diaryl/α,β-unsaturated/α-hetero) is 1. The molecule has 1 N–H and O–H groups in total. The Morgan fingerprint density at radius 3 is 2.79 bits per heavy atom. The minimum absolute atomic E-state index is 0.255. The number of halogens is 1. The number of aromatic nitrogens is 3. The highest BCUT2D eigenvalue weighted by atomic mass is 35.5. The number of esters is 1. The number of rotatable bonds is 5. The number of aromatic amines is 1. The van der Waals surface area contributed by atoms with Gasteiger partial charge in [-0.1, -0.05) is 35.9 Å². The Bertz CT molecular complexity index is 1270. The molecule has 0 aliphatic rings. The van der Waals surface area contributed by atoms with E-state index >= 15 is 0 Å². The van der Waals surface area contributed by atoms with Gasteiger partial charge in [-0.15, -0.1) is 0 Å². The number of imidazole rings is 1. The standard InChI is InChI=1S/C22H18ClN3O3/c1-13-20(15-7-3-4-8-16(15)24-13)21(28)14(2)29-19(27)11-10-17-22(23)25-18-9-5-6-12-26(17)18/h3-12,14,24H,1-2H3/b11-10+/t14-/m0/s1. The highest BCUT2D eigenvalue weighted by Gasteiger charge is 2.23. The van der Waals surface area contributed by atoms with Crippen molar-refractivity contribution in [2.45, 2.75) is 20.0 Å². The van der Waals surface area contributed by atoms with E-state index < -0.39 is 12.1 Å². The summed E-state index contributed by atoms with van der Waals surface area (Å²) in [7, 11) is 0. The van der Waals surface area contributed by atoms with E-state index in [0.717, 1.165) is 16.6 Å². The lowest BCUT2D eigenvalue weighted by Gasteiger charge is -2.11. The van der Waals surface area contributed by atoms with Crippen LogP contribution in [0.5, 0.6) is 0 Å². The van der Waals surface area contributed by atoms with E-state index in [-0.39, 0.29) is 10.9 Å². The fraction of sp³-hybridized carbons (Fsp3) is 0.136. The zero-order chi connectivity index (χ0) is 20.5. The molecule has 7 heteroatoms. The smallest absolute Gasteiger partial charge is 0.331 e. The number of ether oxygens (including phenoxy) is 1. The van der Waals surface area contributed by atoms with Gasteiger partial charge in [0.05, 0.1) is 5.69 Å². The van der Waals surface area contributed by atoms with Gasteiger partial charge in [0, 0.05) is 34.4 Å². The molecular weight excluding hydrogens is 390 g/mol. The third-order valence-electron chi connectivity index (χ3n) is 4.70. The van der Waals surface area contributed by atoms with Crippen LogP contribution < -0.4 is 0 Å². The van der Waals surface area contributed by atoms with Gasteiger partial charge in [0.25, 0.3) is 0 Å². The Balaban J connectivity index is 1.52. The fourth-order valence-electron chi connectivity index (χ4n) is 3.35. The minimum Gasteiger partial charge on any atom is -0.451 e. The molecule has 0 fully saturated rings. The molecule has 0 aliphatic carbocycles. The number of aryl methyl sites for hydroxylation is 1. The van der Waals surface area contributed by atoms with E-state index in [4.69, 9.17) is 16.3 Å². The SMILES string of the molecule is Cc1[nH]c2ccccc2c1C(=O)[C@H](C)OC(=O)/C=C/c1c(Cl)nc2ccccn12. The Labute approximate surface area is 171 Å². The van der Waals surface area contributed by atoms with E-state index in [1.54, 1.807) is 17.5 Å². The zero-order valence-corrected chi connectivity index (χ0v) is 16.6. The molecule has 0 saturated heterocycles. The van der Waals surface area contributed by atoms with Crippen molar-refractivity contribution in [1.29, 1.82) is 0 Å². The normalized spacial score (nSPS) is 12.7. The van der Waals surface area contributed by atoms with Crippen molar-refractivity contribution in [3.05, 3.63) is 76.8 Å². The topological polar surface area (TPSA) is 76.5 Å². The lowest BCUT2D eigenvalue weighted by molar-refractivity contribution is -0.140. The molecule has 3 aromatic heterocycles. The molecule has 0 bridgehead atoms. The van der Waals surface area contributed by atoms with Crippen molar-refractivity contribution in [1.82, 2.24) is 14.4 Å². The molecule has 0 amide bonds. The summed E-state index contributed by atoms with van der Waals surface area (Å²) in [6.45, 7) is 3.39. The van der Waals surface area contributed by atoms with Gasteiger partial charge in [-0.25, -0.2) is 9.78 Å². The van der Waals surface area contributed by atoms with Crippen molar-refractivity contribution >= 4 is 46.0 Å². The molecule has 0 saturated carbocycles. The van der Waals surface area contributed by atoms with Gasteiger partial charge in [-0.3, -0.25) is 9.20 Å². The van der Waals surface area contributed by atoms with Crippen molar-refractivity contribution in [2.24, 2.45) is 0 Å². The summed E-state index contributed by atoms with van der Waals surface area (Å²) in [6, 6.07) is 13.0. The predicted molar refractivity (Wildman–Crippen MR) is 112 cm³/mol. The van der Waals surface area contributed by atoms with Crippen LogP contribution in [0.15, 0.2) is 54.7 Å². The number of H-pyrrole nitrogens is 1. The monoisotopic (exact) mass is 407 g/mol. The zero-order valence-electron chi connectivity index (χ0n) is 15.8. The number of nitrogens with zero attached hydrogens (tertiary/aromatic N) is 2. The van der Waals surface area contributed by atoms with Crippen molar-refractivity contribution < 1.29 is 14.3 Å². The van der Waals surface area contributed by atoms with Crippen LogP contribution >= 0.6 is 11.6 Å². The number of carbonyl (C=O) groups is 2. The summed E-state index contributed by atoms with van der Waals surface area (Å²) in [5.41, 5.74) is 3.38. The molecule has 0 spiro atoms. The van der Waals surface area contributed by atoms with Gasteiger partial charge in [0.1, 0.15) is 5.65 Å². The first-order valence-corrected chi connectivity index (χ1v) is 9.46. The second-order valence-corrected chi connectivity index (χ2v) is 7.02. The first kappa shape index (κ1) is 19.0. The first-order valence-electron chi connectivity index (χ1n) is 9.08. The molecule has 146 valence electrons. The van der Waals surface area contributed by atoms with Crippen LogP contribution in [-0.2, 0) is 9.53 Å². The van der Waals surface area contributed by atoms with E-state index in [0.29, 0.717) is 16.9 Å². The second kappa shape index (κ2) is 7.56. The highest BCUT2D eigenvalue weighted by molar-refractivity contribution is 6.31. The lowest BCUT2D eigenvalue weighted by atomic mass is 10.0. The van der Waals surface area contributed by atoms with E-state index in [1.807, 2.05) is 49.4 Å². The van der Waals surface area contributed by atoms with Gasteiger partial charge in [0.2, 0.25) is 5.78 Å². The molecule has 29 heavy (non-hydrogen) atoms. The van der Waals surface area contributed by atoms with Crippen molar-refractivity contribution in [2.75, 3.05) is 0 Å². The number of carbonyl (C=O) groups excluding carboxylic acids is 2. The van der Waals surface area contributed by atoms with Gasteiger partial charge < -0.3 is 9.72 Å². The summed E-state index contributed by atoms with van der Waals surface area (Å²) in [4.78, 5) is 32.6. The Morgan fingerprint density at radius 2 is 1.97 bits per heavy atom. The van der Waals surface area contributed by atoms with Crippen molar-refractivity contribution in [3.63, 3.8) is 0 Å². The summed E-state index contributed by atoms with van der Waals surface area (Å²) >= 11 is 6.15. The third-order valence-corrected chi connectivity index (χ3v) is 4.98. The van der Waals surface area contributed by atoms with Gasteiger partial charge >= 0.3 is 5.97 Å². The summed E-state index contributed by atoms with van der Waals surface area (Å²) in [5.74, 6) is -0.889. The van der Waals surface area contributed by atoms with Crippen LogP contribution in [0.3, 0.4) is 0 Å². The third kappa shape index (κ3) is 3.54. The van der Waals surface area contributed by atoms with E-state index in [9.17, 15) is 9.59 Å². The Kier molecular flexibility index (Phi) is 4.94. The molecule has 0 unspecified atom stereocenters. The van der Waals surface area contributed by atoms with Crippen LogP contribution in [0.1, 0.15) is 28.7 Å². The molecule has 0 aliphatic heterocycles. The molecule has 1 atom stereocenters. The van der Waals surface area contributed by atoms with Gasteiger partial charge in [0.15, 0.2) is 11.3 Å².